The first-order valence-electron chi connectivity index (χ1n) is 15.3. The van der Waals surface area contributed by atoms with Crippen LogP contribution >= 0.6 is 23.2 Å². The Morgan fingerprint density at radius 3 is 2.43 bits per heavy atom. The molecule has 1 aliphatic rings. The maximum absolute atomic E-state index is 12.6. The minimum absolute atomic E-state index is 0.208. The lowest BCUT2D eigenvalue weighted by atomic mass is 9.96. The summed E-state index contributed by atoms with van der Waals surface area (Å²) in [6.07, 6.45) is 2.32. The fraction of sp³-hybridized carbons (Fsp3) is 0.371. The van der Waals surface area contributed by atoms with Crippen molar-refractivity contribution in [3.8, 4) is 0 Å². The van der Waals surface area contributed by atoms with E-state index in [-0.39, 0.29) is 12.0 Å². The van der Waals surface area contributed by atoms with Crippen molar-refractivity contribution in [3.63, 3.8) is 0 Å². The molecule has 0 spiro atoms. The molecule has 0 bridgehead atoms. The number of nitrogens with one attached hydrogen (secondary N) is 2. The number of hydrogen-bond donors (Lipinski definition) is 2. The lowest BCUT2D eigenvalue weighted by molar-refractivity contribution is 0.0202. The number of H-pyrrole nitrogens is 1. The minimum Gasteiger partial charge on any atom is -0.444 e. The molecule has 9 heteroatoms. The number of para-hydroxylation sites is 1. The third kappa shape index (κ3) is 7.06. The Kier molecular flexibility index (Phi) is 8.90. The standard InChI is InChI=1S/C35H39Cl2N5O2/c1-35(2,3)44-34(43)41-16-13-25(14-17-41)33-40-31-19-28(36)29(37)20-32(31)42(33)22-24-10-8-23(9-11-24)21-38-15-12-27-18-26-6-4-5-7-30(26)39-27/h4-11,18-20,25,38-39H,12-17,21-22H2,1-3H3. The highest BCUT2D eigenvalue weighted by Crippen LogP contribution is 2.34. The molecule has 7 nitrogen and oxygen atoms in total. The van der Waals surface area contributed by atoms with Crippen LogP contribution in [0.2, 0.25) is 10.0 Å². The van der Waals surface area contributed by atoms with Crippen LogP contribution in [-0.2, 0) is 24.2 Å². The van der Waals surface area contributed by atoms with Crippen LogP contribution in [0.3, 0.4) is 0 Å². The van der Waals surface area contributed by atoms with Gasteiger partial charge in [0.25, 0.3) is 0 Å². The number of hydrogen-bond acceptors (Lipinski definition) is 4. The molecule has 5 aromatic rings. The number of piperidine rings is 1. The van der Waals surface area contributed by atoms with Gasteiger partial charge in [0.1, 0.15) is 11.4 Å². The maximum Gasteiger partial charge on any atom is 0.410 e. The summed E-state index contributed by atoms with van der Waals surface area (Å²) in [4.78, 5) is 23.0. The van der Waals surface area contributed by atoms with Crippen molar-refractivity contribution < 1.29 is 9.53 Å². The Bertz CT molecular complexity index is 1730. The molecule has 0 unspecified atom stereocenters. The Hall–Kier alpha value is -3.52. The molecule has 1 aliphatic heterocycles. The molecule has 0 saturated carbocycles. The Balaban J connectivity index is 1.11. The van der Waals surface area contributed by atoms with Crippen LogP contribution in [-0.4, -0.2) is 50.8 Å². The number of aromatic amines is 1. The average molecular weight is 633 g/mol. The summed E-state index contributed by atoms with van der Waals surface area (Å²) in [6, 6.07) is 23.1. The van der Waals surface area contributed by atoms with E-state index in [4.69, 9.17) is 32.9 Å². The van der Waals surface area contributed by atoms with Gasteiger partial charge in [0.2, 0.25) is 0 Å². The highest BCUT2D eigenvalue weighted by Gasteiger charge is 2.30. The highest BCUT2D eigenvalue weighted by atomic mass is 35.5. The van der Waals surface area contributed by atoms with E-state index in [9.17, 15) is 4.79 Å². The predicted octanol–water partition coefficient (Wildman–Crippen LogP) is 8.32. The molecular formula is C35H39Cl2N5O2. The van der Waals surface area contributed by atoms with Gasteiger partial charge in [0.05, 0.1) is 21.1 Å². The molecule has 6 rings (SSSR count). The number of rotatable bonds is 8. The molecule has 1 saturated heterocycles. The van der Waals surface area contributed by atoms with Crippen LogP contribution < -0.4 is 5.32 Å². The second kappa shape index (κ2) is 12.8. The van der Waals surface area contributed by atoms with E-state index in [1.54, 1.807) is 4.90 Å². The van der Waals surface area contributed by atoms with E-state index in [0.29, 0.717) is 29.7 Å². The third-order valence-corrected chi connectivity index (χ3v) is 8.90. The van der Waals surface area contributed by atoms with Gasteiger partial charge in [0.15, 0.2) is 0 Å². The van der Waals surface area contributed by atoms with Gasteiger partial charge in [-0.2, -0.15) is 0 Å². The zero-order valence-electron chi connectivity index (χ0n) is 25.5. The molecule has 2 aromatic heterocycles. The summed E-state index contributed by atoms with van der Waals surface area (Å²) >= 11 is 12.8. The molecule has 0 atom stereocenters. The minimum atomic E-state index is -0.510. The number of carbonyl (C=O) groups excluding carboxylic acids is 1. The largest absolute Gasteiger partial charge is 0.444 e. The zero-order valence-corrected chi connectivity index (χ0v) is 27.0. The summed E-state index contributed by atoms with van der Waals surface area (Å²) in [7, 11) is 0. The molecule has 230 valence electrons. The van der Waals surface area contributed by atoms with Gasteiger partial charge in [-0.05, 0) is 80.8 Å². The SMILES string of the molecule is CC(C)(C)OC(=O)N1CCC(c2nc3cc(Cl)c(Cl)cc3n2Cc2ccc(CNCCc3cc4ccccc4[nH]3)cc2)CC1. The summed E-state index contributed by atoms with van der Waals surface area (Å²) < 4.78 is 7.86. The zero-order chi connectivity index (χ0) is 30.8. The summed E-state index contributed by atoms with van der Waals surface area (Å²) in [5.74, 6) is 1.21. The van der Waals surface area contributed by atoms with Crippen LogP contribution in [0.5, 0.6) is 0 Å². The number of aromatic nitrogens is 3. The van der Waals surface area contributed by atoms with Crippen molar-refractivity contribution in [2.24, 2.45) is 0 Å². The second-order valence-electron chi connectivity index (χ2n) is 12.7. The van der Waals surface area contributed by atoms with E-state index < -0.39 is 5.60 Å². The number of fused-ring (bicyclic) bond motifs is 2. The monoisotopic (exact) mass is 631 g/mol. The van der Waals surface area contributed by atoms with Gasteiger partial charge in [-0.25, -0.2) is 9.78 Å². The quantitative estimate of drug-likeness (QED) is 0.169. The van der Waals surface area contributed by atoms with E-state index in [0.717, 1.165) is 49.2 Å². The summed E-state index contributed by atoms with van der Waals surface area (Å²) in [5, 5.41) is 5.84. The van der Waals surface area contributed by atoms with Crippen LogP contribution in [0.1, 0.15) is 62.2 Å². The van der Waals surface area contributed by atoms with Gasteiger partial charge in [-0.1, -0.05) is 65.7 Å². The van der Waals surface area contributed by atoms with Gasteiger partial charge in [0, 0.05) is 49.9 Å². The molecule has 2 N–H and O–H groups in total. The molecule has 1 amide bonds. The number of likely N-dealkylation sites (tertiary alicyclic amines) is 1. The first-order valence-corrected chi connectivity index (χ1v) is 16.1. The van der Waals surface area contributed by atoms with E-state index in [1.165, 1.54) is 27.7 Å². The molecular weight excluding hydrogens is 593 g/mol. The topological polar surface area (TPSA) is 75.2 Å². The number of ether oxygens (including phenoxy) is 1. The van der Waals surface area contributed by atoms with Crippen molar-refractivity contribution in [2.45, 2.75) is 64.6 Å². The molecule has 3 heterocycles. The second-order valence-corrected chi connectivity index (χ2v) is 13.5. The molecule has 0 radical (unpaired) electrons. The lowest BCUT2D eigenvalue weighted by Crippen LogP contribution is -2.41. The molecule has 3 aromatic carbocycles. The van der Waals surface area contributed by atoms with Crippen LogP contribution in [0.25, 0.3) is 21.9 Å². The molecule has 0 aliphatic carbocycles. The fourth-order valence-corrected chi connectivity index (χ4v) is 6.25. The van der Waals surface area contributed by atoms with Crippen LogP contribution in [0.15, 0.2) is 66.7 Å². The summed E-state index contributed by atoms with van der Waals surface area (Å²) in [5.41, 5.74) is 6.14. The van der Waals surface area contributed by atoms with Gasteiger partial charge < -0.3 is 24.5 Å². The summed E-state index contributed by atoms with van der Waals surface area (Å²) in [6.45, 7) is 9.32. The number of imidazole rings is 1. The van der Waals surface area contributed by atoms with Crippen molar-refractivity contribution in [1.82, 2.24) is 24.8 Å². The van der Waals surface area contributed by atoms with E-state index >= 15 is 0 Å². The fourth-order valence-electron chi connectivity index (χ4n) is 5.93. The molecule has 44 heavy (non-hydrogen) atoms. The number of carbonyl (C=O) groups is 1. The van der Waals surface area contributed by atoms with Gasteiger partial charge in [-0.15, -0.1) is 0 Å². The number of amides is 1. The Morgan fingerprint density at radius 2 is 1.70 bits per heavy atom. The highest BCUT2D eigenvalue weighted by molar-refractivity contribution is 6.42. The smallest absolute Gasteiger partial charge is 0.410 e. The Labute approximate surface area is 268 Å². The van der Waals surface area contributed by atoms with Crippen molar-refractivity contribution in [1.29, 1.82) is 0 Å². The molecule has 1 fully saturated rings. The van der Waals surface area contributed by atoms with Crippen LogP contribution in [0, 0.1) is 0 Å². The average Bonchev–Trinajstić information content (AvgIpc) is 3.56. The van der Waals surface area contributed by atoms with E-state index in [2.05, 4.69) is 69.5 Å². The Morgan fingerprint density at radius 1 is 1.00 bits per heavy atom. The lowest BCUT2D eigenvalue weighted by Gasteiger charge is -2.33. The van der Waals surface area contributed by atoms with Crippen LogP contribution in [0.4, 0.5) is 4.79 Å². The first-order chi connectivity index (χ1) is 21.1. The van der Waals surface area contributed by atoms with Crippen molar-refractivity contribution in [2.75, 3.05) is 19.6 Å². The predicted molar refractivity (Wildman–Crippen MR) is 179 cm³/mol. The first kappa shape index (κ1) is 30.5. The number of nitrogens with zero attached hydrogens (tertiary/aromatic N) is 3. The van der Waals surface area contributed by atoms with E-state index in [1.807, 2.05) is 32.9 Å². The van der Waals surface area contributed by atoms with Gasteiger partial charge in [-0.3, -0.25) is 0 Å². The van der Waals surface area contributed by atoms with Crippen molar-refractivity contribution in [3.05, 3.63) is 99.4 Å². The number of halogens is 2. The number of benzene rings is 3. The third-order valence-electron chi connectivity index (χ3n) is 8.18. The normalized spacial score (nSPS) is 14.5. The maximum atomic E-state index is 12.6. The van der Waals surface area contributed by atoms with Crippen molar-refractivity contribution >= 4 is 51.2 Å². The van der Waals surface area contributed by atoms with Gasteiger partial charge >= 0.3 is 6.09 Å².